The Bertz CT molecular complexity index is 2200. The van der Waals surface area contributed by atoms with Gasteiger partial charge in [-0.05, 0) is 47.0 Å². The van der Waals surface area contributed by atoms with E-state index in [-0.39, 0.29) is 118 Å². The molecule has 2 fully saturated rings. The van der Waals surface area contributed by atoms with Crippen LogP contribution in [0, 0.1) is 0 Å². The van der Waals surface area contributed by atoms with Crippen LogP contribution in [0.5, 0.6) is 0 Å². The van der Waals surface area contributed by atoms with Crippen LogP contribution in [0.1, 0.15) is 87.0 Å². The van der Waals surface area contributed by atoms with Gasteiger partial charge in [0, 0.05) is 66.8 Å². The minimum atomic E-state index is -1.72. The number of ether oxygens (including phenoxy) is 10. The molecule has 36 heteroatoms. The molecule has 16 unspecified atom stereocenters. The molecule has 2 rings (SSSR count). The average molecular weight is 1340 g/mol. The lowest BCUT2D eigenvalue weighted by Gasteiger charge is -2.42. The zero-order valence-corrected chi connectivity index (χ0v) is 53.6. The van der Waals surface area contributed by atoms with Crippen molar-refractivity contribution >= 4 is 47.3 Å². The summed E-state index contributed by atoms with van der Waals surface area (Å²) in [6.07, 6.45) is -18.4. The van der Waals surface area contributed by atoms with E-state index in [1.807, 2.05) is 0 Å². The third-order valence-corrected chi connectivity index (χ3v) is 14.0. The highest BCUT2D eigenvalue weighted by Gasteiger charge is 2.47. The van der Waals surface area contributed by atoms with E-state index in [4.69, 9.17) is 47.4 Å². The molecule has 2 heterocycles. The van der Waals surface area contributed by atoms with Gasteiger partial charge in [-0.2, -0.15) is 0 Å². The van der Waals surface area contributed by atoms with E-state index in [9.17, 15) is 89.4 Å². The van der Waals surface area contributed by atoms with Crippen LogP contribution in [-0.4, -0.2) is 320 Å². The van der Waals surface area contributed by atoms with Crippen molar-refractivity contribution in [2.75, 3.05) is 113 Å². The Morgan fingerprint density at radius 3 is 1.38 bits per heavy atom. The Hall–Kier alpha value is -5.04. The van der Waals surface area contributed by atoms with E-state index in [0.29, 0.717) is 0 Å². The number of hydrogen-bond donors (Lipinski definition) is 18. The van der Waals surface area contributed by atoms with Crippen molar-refractivity contribution in [3.05, 3.63) is 0 Å². The molecule has 0 spiro atoms. The number of rotatable bonds is 47. The molecule has 0 saturated carbocycles. The normalized spacial score (nSPS) is 23.8. The minimum absolute atomic E-state index is 0.0265. The summed E-state index contributed by atoms with van der Waals surface area (Å²) in [5, 5.41) is 122. The van der Waals surface area contributed by atoms with Gasteiger partial charge in [-0.3, -0.25) is 38.4 Å². The lowest BCUT2D eigenvalue weighted by molar-refractivity contribution is -0.272. The molecule has 2 aliphatic heterocycles. The smallest absolute Gasteiger partial charge is 0.242 e. The molecule has 0 aliphatic carbocycles. The van der Waals surface area contributed by atoms with Gasteiger partial charge >= 0.3 is 0 Å². The van der Waals surface area contributed by atoms with Gasteiger partial charge in [0.1, 0.15) is 79.1 Å². The topological polar surface area (TPSA) is 527 Å². The maximum absolute atomic E-state index is 13.7. The first-order valence-electron chi connectivity index (χ1n) is 30.3. The van der Waals surface area contributed by atoms with Crippen LogP contribution in [0.15, 0.2) is 0 Å². The predicted molar refractivity (Wildman–Crippen MR) is 315 cm³/mol. The monoisotopic (exact) mass is 1330 g/mol. The summed E-state index contributed by atoms with van der Waals surface area (Å²) in [6.45, 7) is 6.65. The third-order valence-electron chi connectivity index (χ3n) is 14.0. The highest BCUT2D eigenvalue weighted by Crippen LogP contribution is 2.24. The second kappa shape index (κ2) is 43.8. The zero-order chi connectivity index (χ0) is 69.1. The van der Waals surface area contributed by atoms with Crippen LogP contribution in [0.3, 0.4) is 0 Å². The molecule has 2 saturated heterocycles. The second-order valence-electron chi connectivity index (χ2n) is 23.0. The van der Waals surface area contributed by atoms with Gasteiger partial charge < -0.3 is 141 Å². The summed E-state index contributed by atoms with van der Waals surface area (Å²) in [4.78, 5) is 103. The molecule has 0 aromatic heterocycles. The molecule has 0 aromatic rings. The molecular weight excluding hydrogens is 1230 g/mol. The molecule has 92 heavy (non-hydrogen) atoms. The number of methoxy groups -OCH3 is 1. The highest BCUT2D eigenvalue weighted by molar-refractivity contribution is 5.90. The van der Waals surface area contributed by atoms with Crippen molar-refractivity contribution in [1.82, 2.24) is 42.5 Å². The molecule has 36 nitrogen and oxygen atoms in total. The van der Waals surface area contributed by atoms with Crippen molar-refractivity contribution in [2.45, 2.75) is 196 Å². The molecule has 2 aliphatic rings. The van der Waals surface area contributed by atoms with E-state index in [1.165, 1.54) is 21.0 Å². The molecule has 0 radical (unpaired) electrons. The molecule has 16 atom stereocenters. The Balaban J connectivity index is 2.15. The van der Waals surface area contributed by atoms with Gasteiger partial charge in [0.15, 0.2) is 18.8 Å². The van der Waals surface area contributed by atoms with Gasteiger partial charge in [-0.15, -0.1) is 0 Å². The lowest BCUT2D eigenvalue weighted by Crippen LogP contribution is -2.64. The van der Waals surface area contributed by atoms with Gasteiger partial charge in [-0.1, -0.05) is 0 Å². The van der Waals surface area contributed by atoms with Crippen LogP contribution >= 0.6 is 0 Å². The SMILES string of the molecule is COC(CO)C(O)C(O)C(NC(C)=O)OCCOCCNC(=O)C(CCC(=O)NC(CCC(=O)NCCOCCOC1OC(CO)C(O)C(O)C1NC(C)=O)C(=O)NCCOCCOC1OC(CO)C(O)C(O)C1NC(C)=O)NC(=O)CCC(C)(C)OCC(C)(C)O. The first-order chi connectivity index (χ1) is 43.4. The van der Waals surface area contributed by atoms with E-state index in [1.54, 1.807) is 27.7 Å². The van der Waals surface area contributed by atoms with Crippen molar-refractivity contribution < 1.29 is 137 Å². The first kappa shape index (κ1) is 83.1. The second-order valence-corrected chi connectivity index (χ2v) is 23.0. The van der Waals surface area contributed by atoms with Crippen LogP contribution < -0.4 is 42.5 Å². The number of carbonyl (C=O) groups is 8. The average Bonchev–Trinajstić information content (AvgIpc) is 0.850. The van der Waals surface area contributed by atoms with Gasteiger partial charge in [0.25, 0.3) is 0 Å². The summed E-state index contributed by atoms with van der Waals surface area (Å²) in [5.74, 6) is -5.09. The molecule has 0 bridgehead atoms. The fourth-order valence-corrected chi connectivity index (χ4v) is 8.93. The summed E-state index contributed by atoms with van der Waals surface area (Å²) in [5.41, 5.74) is -2.05. The van der Waals surface area contributed by atoms with E-state index in [0.717, 1.165) is 6.92 Å². The maximum atomic E-state index is 13.7. The summed E-state index contributed by atoms with van der Waals surface area (Å²) in [6, 6.07) is -5.05. The van der Waals surface area contributed by atoms with Crippen LogP contribution in [0.2, 0.25) is 0 Å². The summed E-state index contributed by atoms with van der Waals surface area (Å²) in [7, 11) is 1.20. The third kappa shape index (κ3) is 32.4. The van der Waals surface area contributed by atoms with E-state index < -0.39 is 183 Å². The molecule has 8 amide bonds. The minimum Gasteiger partial charge on any atom is -0.394 e. The van der Waals surface area contributed by atoms with Crippen molar-refractivity contribution in [1.29, 1.82) is 0 Å². The fraction of sp³-hybridized carbons (Fsp3) is 0.857. The largest absolute Gasteiger partial charge is 0.394 e. The summed E-state index contributed by atoms with van der Waals surface area (Å²) >= 11 is 0. The number of nitrogens with one attached hydrogen (secondary N) is 8. The Kier molecular flexibility index (Phi) is 39.6. The van der Waals surface area contributed by atoms with E-state index in [2.05, 4.69) is 42.5 Å². The number of aliphatic hydroxyl groups is 10. The quantitative estimate of drug-likeness (QED) is 0.0199. The Labute approximate surface area is 534 Å². The predicted octanol–water partition coefficient (Wildman–Crippen LogP) is -8.61. The number of hydrogen-bond acceptors (Lipinski definition) is 28. The van der Waals surface area contributed by atoms with Crippen molar-refractivity contribution in [3.8, 4) is 0 Å². The Morgan fingerprint density at radius 2 is 0.967 bits per heavy atom. The van der Waals surface area contributed by atoms with E-state index >= 15 is 0 Å². The lowest BCUT2D eigenvalue weighted by atomic mass is 9.97. The van der Waals surface area contributed by atoms with Crippen LogP contribution in [-0.2, 0) is 85.7 Å². The van der Waals surface area contributed by atoms with Crippen molar-refractivity contribution in [2.24, 2.45) is 0 Å². The molecule has 18 N–H and O–H groups in total. The van der Waals surface area contributed by atoms with Gasteiger partial charge in [0.05, 0.1) is 97.1 Å². The number of aliphatic hydroxyl groups excluding tert-OH is 9. The molecule has 534 valence electrons. The fourth-order valence-electron chi connectivity index (χ4n) is 8.93. The Morgan fingerprint density at radius 1 is 0.533 bits per heavy atom. The standard InChI is InChI=1S/C56H102N8O28/c1-31(68)60-42-47(77)45(75)37(28-66)91-53(42)88-25-22-84-18-15-57-39(71)11-9-34(50(80)58-17-20-86-23-26-89-54-43(61-32(2)69)48(78)46(76)38(29-67)92-54)63-40(72)12-10-35(64-41(73)13-14-56(6,7)90-30-55(4,5)82)51(81)59-16-19-85-21-24-87-52(62-33(3)70)49(79)44(74)36(27-65)83-8/h34-38,42-49,52-54,65-67,74-79,82H,9-30H2,1-8H3,(H,57,71)(H,58,80)(H,59,81)(H,60,68)(H,61,69)(H,62,70)(H,63,72)(H,64,73). The molecular formula is C56H102N8O28. The zero-order valence-electron chi connectivity index (χ0n) is 53.6. The summed E-state index contributed by atoms with van der Waals surface area (Å²) < 4.78 is 55.2. The van der Waals surface area contributed by atoms with Gasteiger partial charge in [-0.25, -0.2) is 0 Å². The first-order valence-corrected chi connectivity index (χ1v) is 30.3. The van der Waals surface area contributed by atoms with Gasteiger partial charge in [0.2, 0.25) is 47.3 Å². The highest BCUT2D eigenvalue weighted by atomic mass is 16.7. The van der Waals surface area contributed by atoms with Crippen LogP contribution in [0.4, 0.5) is 0 Å². The van der Waals surface area contributed by atoms with Crippen LogP contribution in [0.25, 0.3) is 0 Å². The number of amides is 8. The van der Waals surface area contributed by atoms with Crippen molar-refractivity contribution in [3.63, 3.8) is 0 Å². The molecule has 0 aromatic carbocycles. The maximum Gasteiger partial charge on any atom is 0.242 e. The number of carbonyl (C=O) groups excluding carboxylic acids is 8.